The molecule has 0 saturated carbocycles. The van der Waals surface area contributed by atoms with Crippen LogP contribution in [0, 0.1) is 5.82 Å². The lowest BCUT2D eigenvalue weighted by Gasteiger charge is -2.19. The number of carbonyl (C=O) groups is 1. The molecule has 0 radical (unpaired) electrons. The molecule has 1 aromatic rings. The van der Waals surface area contributed by atoms with Crippen molar-refractivity contribution in [3.05, 3.63) is 29.6 Å². The number of anilines is 1. The highest BCUT2D eigenvalue weighted by atomic mass is 32.1. The summed E-state index contributed by atoms with van der Waals surface area (Å²) >= 11 is 4.72. The number of hydrogen-bond acceptors (Lipinski definition) is 3. The summed E-state index contributed by atoms with van der Waals surface area (Å²) < 4.78 is 18.6. The van der Waals surface area contributed by atoms with Crippen molar-refractivity contribution in [1.29, 1.82) is 0 Å². The largest absolute Gasteiger partial charge is 0.444 e. The molecule has 1 aromatic carbocycles. The quantitative estimate of drug-likeness (QED) is 0.811. The van der Waals surface area contributed by atoms with Crippen LogP contribution >= 0.6 is 12.2 Å². The van der Waals surface area contributed by atoms with Gasteiger partial charge in [0.05, 0.1) is 5.69 Å². The predicted molar refractivity (Wildman–Crippen MR) is 72.1 cm³/mol. The number of benzene rings is 1. The molecule has 0 aliphatic rings. The van der Waals surface area contributed by atoms with Crippen LogP contribution in [0.2, 0.25) is 0 Å². The Morgan fingerprint density at radius 1 is 1.44 bits per heavy atom. The van der Waals surface area contributed by atoms with Gasteiger partial charge in [-0.25, -0.2) is 9.18 Å². The summed E-state index contributed by atoms with van der Waals surface area (Å²) in [4.78, 5) is 11.5. The van der Waals surface area contributed by atoms with Gasteiger partial charge in [-0.05, 0) is 39.0 Å². The maximum absolute atomic E-state index is 13.6. The number of ether oxygens (including phenoxy) is 1. The molecule has 0 heterocycles. The molecule has 4 nitrogen and oxygen atoms in total. The third-order valence-electron chi connectivity index (χ3n) is 1.89. The standard InChI is InChI=1S/C12H15FN2O2S/c1-12(2,3)17-11(16)15-9-5-4-7(10(14)18)6-8(9)13/h4-6H,1-3H3,(H2,14,18)(H,15,16). The van der Waals surface area contributed by atoms with Crippen molar-refractivity contribution < 1.29 is 13.9 Å². The van der Waals surface area contributed by atoms with Crippen LogP contribution in [0.4, 0.5) is 14.9 Å². The average Bonchev–Trinajstić information content (AvgIpc) is 2.17. The highest BCUT2D eigenvalue weighted by Gasteiger charge is 2.17. The van der Waals surface area contributed by atoms with E-state index in [1.54, 1.807) is 20.8 Å². The Labute approximate surface area is 110 Å². The summed E-state index contributed by atoms with van der Waals surface area (Å²) in [6, 6.07) is 4.07. The minimum absolute atomic E-state index is 0.0178. The third kappa shape index (κ3) is 4.29. The van der Waals surface area contributed by atoms with Gasteiger partial charge in [0, 0.05) is 5.56 Å². The van der Waals surface area contributed by atoms with Crippen molar-refractivity contribution in [2.75, 3.05) is 5.32 Å². The lowest BCUT2D eigenvalue weighted by atomic mass is 10.2. The van der Waals surface area contributed by atoms with Gasteiger partial charge in [-0.1, -0.05) is 12.2 Å². The molecule has 0 atom stereocenters. The minimum Gasteiger partial charge on any atom is -0.444 e. The predicted octanol–water partition coefficient (Wildman–Crippen LogP) is 2.81. The molecule has 0 bridgehead atoms. The smallest absolute Gasteiger partial charge is 0.412 e. The van der Waals surface area contributed by atoms with Crippen molar-refractivity contribution in [1.82, 2.24) is 0 Å². The fourth-order valence-corrected chi connectivity index (χ4v) is 1.31. The molecule has 0 aliphatic carbocycles. The second-order valence-corrected chi connectivity index (χ2v) is 5.13. The fourth-order valence-electron chi connectivity index (χ4n) is 1.18. The van der Waals surface area contributed by atoms with Crippen LogP contribution < -0.4 is 11.1 Å². The van der Waals surface area contributed by atoms with Crippen molar-refractivity contribution >= 4 is 29.0 Å². The maximum atomic E-state index is 13.6. The van der Waals surface area contributed by atoms with Crippen LogP contribution in [0.5, 0.6) is 0 Å². The average molecular weight is 270 g/mol. The first-order valence-electron chi connectivity index (χ1n) is 5.28. The monoisotopic (exact) mass is 270 g/mol. The van der Waals surface area contributed by atoms with Crippen LogP contribution in [0.25, 0.3) is 0 Å². The highest BCUT2D eigenvalue weighted by Crippen LogP contribution is 2.17. The molecule has 98 valence electrons. The van der Waals surface area contributed by atoms with E-state index in [-0.39, 0.29) is 10.7 Å². The number of nitrogens with one attached hydrogen (secondary N) is 1. The second kappa shape index (κ2) is 5.30. The van der Waals surface area contributed by atoms with Gasteiger partial charge in [0.25, 0.3) is 0 Å². The Bertz CT molecular complexity index is 483. The SMILES string of the molecule is CC(C)(C)OC(=O)Nc1ccc(C(N)=S)cc1F. The molecule has 0 aliphatic heterocycles. The Hall–Kier alpha value is -1.69. The number of amides is 1. The van der Waals surface area contributed by atoms with E-state index in [1.807, 2.05) is 0 Å². The van der Waals surface area contributed by atoms with Gasteiger partial charge in [0.2, 0.25) is 0 Å². The van der Waals surface area contributed by atoms with Crippen molar-refractivity contribution in [3.8, 4) is 0 Å². The molecule has 0 unspecified atom stereocenters. The first-order valence-corrected chi connectivity index (χ1v) is 5.69. The molecular weight excluding hydrogens is 255 g/mol. The van der Waals surface area contributed by atoms with Gasteiger partial charge < -0.3 is 10.5 Å². The van der Waals surface area contributed by atoms with E-state index in [4.69, 9.17) is 22.7 Å². The molecule has 0 saturated heterocycles. The molecule has 0 aromatic heterocycles. The zero-order valence-corrected chi connectivity index (χ0v) is 11.2. The topological polar surface area (TPSA) is 64.3 Å². The number of halogens is 1. The molecule has 0 spiro atoms. The summed E-state index contributed by atoms with van der Waals surface area (Å²) in [7, 11) is 0. The first kappa shape index (κ1) is 14.4. The first-order chi connectivity index (χ1) is 8.19. The maximum Gasteiger partial charge on any atom is 0.412 e. The molecule has 1 rings (SSSR count). The van der Waals surface area contributed by atoms with E-state index in [1.165, 1.54) is 12.1 Å². The molecule has 18 heavy (non-hydrogen) atoms. The minimum atomic E-state index is -0.718. The Morgan fingerprint density at radius 2 is 2.06 bits per heavy atom. The number of rotatable bonds is 2. The van der Waals surface area contributed by atoms with E-state index >= 15 is 0 Å². The molecule has 3 N–H and O–H groups in total. The van der Waals surface area contributed by atoms with Crippen LogP contribution in [0.3, 0.4) is 0 Å². The molecule has 0 fully saturated rings. The normalized spacial score (nSPS) is 10.9. The lowest BCUT2D eigenvalue weighted by molar-refractivity contribution is 0.0635. The second-order valence-electron chi connectivity index (χ2n) is 4.69. The van der Waals surface area contributed by atoms with E-state index in [9.17, 15) is 9.18 Å². The molecular formula is C12H15FN2O2S. The van der Waals surface area contributed by atoms with E-state index in [2.05, 4.69) is 5.32 Å². The van der Waals surface area contributed by atoms with Gasteiger partial charge in [-0.3, -0.25) is 5.32 Å². The summed E-state index contributed by atoms with van der Waals surface area (Å²) in [5.74, 6) is -0.619. The van der Waals surface area contributed by atoms with Crippen molar-refractivity contribution in [2.45, 2.75) is 26.4 Å². The Morgan fingerprint density at radius 3 is 2.50 bits per heavy atom. The molecule has 6 heteroatoms. The van der Waals surface area contributed by atoms with E-state index in [0.717, 1.165) is 6.07 Å². The van der Waals surface area contributed by atoms with Gasteiger partial charge in [0.15, 0.2) is 0 Å². The van der Waals surface area contributed by atoms with E-state index in [0.29, 0.717) is 5.56 Å². The number of carbonyl (C=O) groups excluding carboxylic acids is 1. The van der Waals surface area contributed by atoms with Gasteiger partial charge in [0.1, 0.15) is 16.4 Å². The molecule has 1 amide bonds. The van der Waals surface area contributed by atoms with Crippen LogP contribution in [0.1, 0.15) is 26.3 Å². The van der Waals surface area contributed by atoms with Crippen LogP contribution in [-0.4, -0.2) is 16.7 Å². The van der Waals surface area contributed by atoms with Crippen LogP contribution in [-0.2, 0) is 4.74 Å². The lowest BCUT2D eigenvalue weighted by Crippen LogP contribution is -2.27. The number of thiocarbonyl (C=S) groups is 1. The fraction of sp³-hybridized carbons (Fsp3) is 0.333. The number of hydrogen-bond donors (Lipinski definition) is 2. The Balaban J connectivity index is 2.80. The summed E-state index contributed by atoms with van der Waals surface area (Å²) in [5.41, 5.74) is 5.15. The summed E-state index contributed by atoms with van der Waals surface area (Å²) in [6.07, 6.45) is -0.718. The van der Waals surface area contributed by atoms with Gasteiger partial charge in [-0.15, -0.1) is 0 Å². The van der Waals surface area contributed by atoms with Gasteiger partial charge >= 0.3 is 6.09 Å². The van der Waals surface area contributed by atoms with Crippen molar-refractivity contribution in [3.63, 3.8) is 0 Å². The zero-order valence-electron chi connectivity index (χ0n) is 10.4. The summed E-state index contributed by atoms with van der Waals surface area (Å²) in [5, 5.41) is 2.31. The Kier molecular flexibility index (Phi) is 4.24. The third-order valence-corrected chi connectivity index (χ3v) is 2.12. The van der Waals surface area contributed by atoms with E-state index < -0.39 is 17.5 Å². The van der Waals surface area contributed by atoms with Crippen LogP contribution in [0.15, 0.2) is 18.2 Å². The van der Waals surface area contributed by atoms with Crippen molar-refractivity contribution in [2.24, 2.45) is 5.73 Å². The number of nitrogens with two attached hydrogens (primary N) is 1. The van der Waals surface area contributed by atoms with Gasteiger partial charge in [-0.2, -0.15) is 0 Å². The zero-order chi connectivity index (χ0) is 13.9. The summed E-state index contributed by atoms with van der Waals surface area (Å²) in [6.45, 7) is 5.16. The highest BCUT2D eigenvalue weighted by molar-refractivity contribution is 7.80.